The third-order valence-corrected chi connectivity index (χ3v) is 3.17. The van der Waals surface area contributed by atoms with E-state index in [0.717, 1.165) is 5.56 Å². The third kappa shape index (κ3) is 3.96. The number of amides is 1. The standard InChI is InChI=1S/C14H11Cl2NO2/c15-12-7-6-11(8-13(12)16)14(18)17-19-9-10-4-2-1-3-5-10/h1-8H,9H2,(H,17,18). The van der Waals surface area contributed by atoms with E-state index in [2.05, 4.69) is 5.48 Å². The molecule has 0 atom stereocenters. The van der Waals surface area contributed by atoms with Gasteiger partial charge in [-0.1, -0.05) is 53.5 Å². The molecule has 2 aromatic rings. The summed E-state index contributed by atoms with van der Waals surface area (Å²) in [6.07, 6.45) is 0. The minimum Gasteiger partial charge on any atom is -0.269 e. The van der Waals surface area contributed by atoms with Gasteiger partial charge in [0.15, 0.2) is 0 Å². The van der Waals surface area contributed by atoms with Crippen molar-refractivity contribution in [3.05, 3.63) is 69.7 Å². The van der Waals surface area contributed by atoms with Crippen molar-refractivity contribution in [2.24, 2.45) is 0 Å². The van der Waals surface area contributed by atoms with Crippen LogP contribution < -0.4 is 5.48 Å². The molecular formula is C14H11Cl2NO2. The molecule has 19 heavy (non-hydrogen) atoms. The maximum Gasteiger partial charge on any atom is 0.274 e. The minimum atomic E-state index is -0.366. The Labute approximate surface area is 121 Å². The topological polar surface area (TPSA) is 38.3 Å². The van der Waals surface area contributed by atoms with Crippen molar-refractivity contribution < 1.29 is 9.63 Å². The smallest absolute Gasteiger partial charge is 0.269 e. The van der Waals surface area contributed by atoms with E-state index < -0.39 is 0 Å². The highest BCUT2D eigenvalue weighted by atomic mass is 35.5. The van der Waals surface area contributed by atoms with E-state index >= 15 is 0 Å². The van der Waals surface area contributed by atoms with Crippen LogP contribution >= 0.6 is 23.2 Å². The van der Waals surface area contributed by atoms with Crippen molar-refractivity contribution in [2.75, 3.05) is 0 Å². The lowest BCUT2D eigenvalue weighted by molar-refractivity contribution is 0.0233. The van der Waals surface area contributed by atoms with Crippen LogP contribution in [0, 0.1) is 0 Å². The largest absolute Gasteiger partial charge is 0.274 e. The summed E-state index contributed by atoms with van der Waals surface area (Å²) in [7, 11) is 0. The maximum atomic E-state index is 11.8. The molecule has 2 rings (SSSR count). The Hall–Kier alpha value is -1.55. The van der Waals surface area contributed by atoms with Gasteiger partial charge in [-0.2, -0.15) is 0 Å². The lowest BCUT2D eigenvalue weighted by Gasteiger charge is -2.06. The van der Waals surface area contributed by atoms with E-state index in [0.29, 0.717) is 22.2 Å². The van der Waals surface area contributed by atoms with Crippen molar-refractivity contribution in [3.63, 3.8) is 0 Å². The van der Waals surface area contributed by atoms with E-state index in [4.69, 9.17) is 28.0 Å². The van der Waals surface area contributed by atoms with Gasteiger partial charge in [-0.15, -0.1) is 0 Å². The number of halogens is 2. The molecule has 0 bridgehead atoms. The molecule has 0 aliphatic heterocycles. The molecule has 5 heteroatoms. The second kappa shape index (κ2) is 6.57. The van der Waals surface area contributed by atoms with Gasteiger partial charge in [0.25, 0.3) is 5.91 Å². The first kappa shape index (κ1) is 13.9. The lowest BCUT2D eigenvalue weighted by Crippen LogP contribution is -2.23. The van der Waals surface area contributed by atoms with Crippen LogP contribution in [-0.2, 0) is 11.4 Å². The van der Waals surface area contributed by atoms with Crippen molar-refractivity contribution in [3.8, 4) is 0 Å². The lowest BCUT2D eigenvalue weighted by atomic mass is 10.2. The quantitative estimate of drug-likeness (QED) is 0.870. The predicted octanol–water partition coefficient (Wildman–Crippen LogP) is 3.86. The molecule has 98 valence electrons. The Bertz CT molecular complexity index is 573. The zero-order valence-electron chi connectivity index (χ0n) is 9.90. The van der Waals surface area contributed by atoms with Crippen molar-refractivity contribution in [2.45, 2.75) is 6.61 Å². The van der Waals surface area contributed by atoms with Crippen LogP contribution in [-0.4, -0.2) is 5.91 Å². The Morgan fingerprint density at radius 3 is 2.47 bits per heavy atom. The highest BCUT2D eigenvalue weighted by Crippen LogP contribution is 2.22. The van der Waals surface area contributed by atoms with Gasteiger partial charge < -0.3 is 0 Å². The zero-order valence-corrected chi connectivity index (χ0v) is 11.4. The van der Waals surface area contributed by atoms with Gasteiger partial charge in [-0.05, 0) is 23.8 Å². The fourth-order valence-electron chi connectivity index (χ4n) is 1.46. The fourth-order valence-corrected chi connectivity index (χ4v) is 1.75. The summed E-state index contributed by atoms with van der Waals surface area (Å²) in [5.74, 6) is -0.366. The molecule has 0 heterocycles. The summed E-state index contributed by atoms with van der Waals surface area (Å²) >= 11 is 11.6. The molecule has 0 spiro atoms. The molecule has 0 radical (unpaired) electrons. The van der Waals surface area contributed by atoms with Crippen LogP contribution in [0.1, 0.15) is 15.9 Å². The summed E-state index contributed by atoms with van der Waals surface area (Å²) in [5, 5.41) is 0.737. The van der Waals surface area contributed by atoms with Crippen LogP contribution in [0.2, 0.25) is 10.0 Å². The van der Waals surface area contributed by atoms with Crippen LogP contribution in [0.25, 0.3) is 0 Å². The number of hydrogen-bond donors (Lipinski definition) is 1. The van der Waals surface area contributed by atoms with Crippen LogP contribution in [0.4, 0.5) is 0 Å². The van der Waals surface area contributed by atoms with Gasteiger partial charge in [0.2, 0.25) is 0 Å². The second-order valence-electron chi connectivity index (χ2n) is 3.83. The van der Waals surface area contributed by atoms with E-state index in [1.54, 1.807) is 12.1 Å². The molecule has 0 aromatic heterocycles. The summed E-state index contributed by atoms with van der Waals surface area (Å²) in [6, 6.07) is 14.2. The minimum absolute atomic E-state index is 0.300. The van der Waals surface area contributed by atoms with Gasteiger partial charge in [-0.3, -0.25) is 9.63 Å². The number of hydrogen-bond acceptors (Lipinski definition) is 2. The Morgan fingerprint density at radius 2 is 1.79 bits per heavy atom. The molecule has 3 nitrogen and oxygen atoms in total. The summed E-state index contributed by atoms with van der Waals surface area (Å²) in [5.41, 5.74) is 3.71. The highest BCUT2D eigenvalue weighted by molar-refractivity contribution is 6.42. The summed E-state index contributed by atoms with van der Waals surface area (Å²) in [4.78, 5) is 16.9. The summed E-state index contributed by atoms with van der Waals surface area (Å²) in [6.45, 7) is 0.300. The average molecular weight is 296 g/mol. The fraction of sp³-hybridized carbons (Fsp3) is 0.0714. The van der Waals surface area contributed by atoms with Crippen molar-refractivity contribution >= 4 is 29.1 Å². The van der Waals surface area contributed by atoms with Crippen LogP contribution in [0.3, 0.4) is 0 Å². The normalized spacial score (nSPS) is 10.2. The predicted molar refractivity (Wildman–Crippen MR) is 75.2 cm³/mol. The van der Waals surface area contributed by atoms with Gasteiger partial charge in [0.1, 0.15) is 0 Å². The van der Waals surface area contributed by atoms with E-state index in [1.165, 1.54) is 6.07 Å². The molecule has 1 amide bonds. The first-order chi connectivity index (χ1) is 9.16. The monoisotopic (exact) mass is 295 g/mol. The third-order valence-electron chi connectivity index (χ3n) is 2.43. The van der Waals surface area contributed by atoms with Crippen molar-refractivity contribution in [1.82, 2.24) is 5.48 Å². The number of rotatable bonds is 4. The molecule has 0 unspecified atom stereocenters. The van der Waals surface area contributed by atoms with Crippen molar-refractivity contribution in [1.29, 1.82) is 0 Å². The first-order valence-electron chi connectivity index (χ1n) is 5.58. The van der Waals surface area contributed by atoms with E-state index in [9.17, 15) is 4.79 Å². The van der Waals surface area contributed by atoms with E-state index in [1.807, 2.05) is 30.3 Å². The zero-order chi connectivity index (χ0) is 13.7. The summed E-state index contributed by atoms with van der Waals surface area (Å²) < 4.78 is 0. The van der Waals surface area contributed by atoms with Gasteiger partial charge >= 0.3 is 0 Å². The van der Waals surface area contributed by atoms with E-state index in [-0.39, 0.29) is 5.91 Å². The molecule has 0 fully saturated rings. The molecule has 0 saturated carbocycles. The number of hydroxylamine groups is 1. The number of benzene rings is 2. The average Bonchev–Trinajstić information content (AvgIpc) is 2.43. The SMILES string of the molecule is O=C(NOCc1ccccc1)c1ccc(Cl)c(Cl)c1. The molecule has 2 aromatic carbocycles. The Morgan fingerprint density at radius 1 is 1.05 bits per heavy atom. The Kier molecular flexibility index (Phi) is 4.80. The van der Waals surface area contributed by atoms with Crippen LogP contribution in [0.5, 0.6) is 0 Å². The number of nitrogens with one attached hydrogen (secondary N) is 1. The van der Waals surface area contributed by atoms with Gasteiger partial charge in [0, 0.05) is 5.56 Å². The molecule has 1 N–H and O–H groups in total. The maximum absolute atomic E-state index is 11.8. The first-order valence-corrected chi connectivity index (χ1v) is 6.33. The van der Waals surface area contributed by atoms with Gasteiger partial charge in [-0.25, -0.2) is 5.48 Å². The molecule has 0 saturated heterocycles. The molecular weight excluding hydrogens is 285 g/mol. The highest BCUT2D eigenvalue weighted by Gasteiger charge is 2.07. The number of carbonyl (C=O) groups is 1. The Balaban J connectivity index is 1.89. The van der Waals surface area contributed by atoms with Crippen LogP contribution in [0.15, 0.2) is 48.5 Å². The molecule has 0 aliphatic carbocycles. The number of carbonyl (C=O) groups excluding carboxylic acids is 1. The second-order valence-corrected chi connectivity index (χ2v) is 4.65. The molecule has 0 aliphatic rings. The van der Waals surface area contributed by atoms with Gasteiger partial charge in [0.05, 0.1) is 16.7 Å².